The number of ether oxygens (including phenoxy) is 2. The third kappa shape index (κ3) is 4.64. The van der Waals surface area contributed by atoms with Gasteiger partial charge in [-0.25, -0.2) is 14.2 Å². The van der Waals surface area contributed by atoms with Crippen molar-refractivity contribution in [1.29, 1.82) is 0 Å². The van der Waals surface area contributed by atoms with Gasteiger partial charge < -0.3 is 9.47 Å². The van der Waals surface area contributed by atoms with Gasteiger partial charge in [0.15, 0.2) is 5.70 Å². The molecule has 0 bridgehead atoms. The lowest BCUT2D eigenvalue weighted by Gasteiger charge is -2.07. The summed E-state index contributed by atoms with van der Waals surface area (Å²) in [5.74, 6) is -0.800. The zero-order valence-electron chi connectivity index (χ0n) is 16.0. The molecule has 1 aliphatic rings. The van der Waals surface area contributed by atoms with Gasteiger partial charge in [-0.15, -0.1) is 0 Å². The zero-order valence-corrected chi connectivity index (χ0v) is 16.0. The molecule has 0 aromatic heterocycles. The van der Waals surface area contributed by atoms with Gasteiger partial charge in [-0.1, -0.05) is 36.4 Å². The highest BCUT2D eigenvalue weighted by molar-refractivity contribution is 6.12. The molecule has 0 amide bonds. The predicted octanol–water partition coefficient (Wildman–Crippen LogP) is 4.66. The van der Waals surface area contributed by atoms with Crippen LogP contribution in [0.2, 0.25) is 0 Å². The van der Waals surface area contributed by atoms with Gasteiger partial charge in [-0.05, 0) is 41.5 Å². The van der Waals surface area contributed by atoms with Crippen molar-refractivity contribution < 1.29 is 23.6 Å². The molecule has 1 heterocycles. The van der Waals surface area contributed by atoms with E-state index in [0.29, 0.717) is 16.9 Å². The third-order valence-corrected chi connectivity index (χ3v) is 4.41. The molecule has 0 aliphatic carbocycles. The topological polar surface area (TPSA) is 91.0 Å². The van der Waals surface area contributed by atoms with Crippen molar-refractivity contribution in [2.75, 3.05) is 0 Å². The Kier molecular flexibility index (Phi) is 5.53. The lowest BCUT2D eigenvalue weighted by atomic mass is 10.2. The van der Waals surface area contributed by atoms with Gasteiger partial charge in [-0.3, -0.25) is 10.1 Å². The lowest BCUT2D eigenvalue weighted by molar-refractivity contribution is -0.384. The molecule has 8 heteroatoms. The van der Waals surface area contributed by atoms with E-state index in [1.165, 1.54) is 36.4 Å². The van der Waals surface area contributed by atoms with Crippen molar-refractivity contribution in [1.82, 2.24) is 0 Å². The minimum Gasteiger partial charge on any atom is -0.489 e. The molecule has 7 nitrogen and oxygen atoms in total. The van der Waals surface area contributed by atoms with Gasteiger partial charge in [-0.2, -0.15) is 0 Å². The maximum absolute atomic E-state index is 13.9. The van der Waals surface area contributed by atoms with Crippen molar-refractivity contribution in [2.24, 2.45) is 4.99 Å². The van der Waals surface area contributed by atoms with Crippen molar-refractivity contribution in [3.05, 3.63) is 111 Å². The number of hydrogen-bond donors (Lipinski definition) is 0. The molecular formula is C23H15FN2O5. The van der Waals surface area contributed by atoms with Crippen LogP contribution in [0.5, 0.6) is 5.75 Å². The largest absolute Gasteiger partial charge is 0.489 e. The minimum atomic E-state index is -0.679. The van der Waals surface area contributed by atoms with Crippen LogP contribution in [0, 0.1) is 15.9 Å². The molecule has 0 atom stereocenters. The summed E-state index contributed by atoms with van der Waals surface area (Å²) in [6, 6.07) is 19.0. The van der Waals surface area contributed by atoms with Crippen LogP contribution in [0.25, 0.3) is 6.08 Å². The fraction of sp³-hybridized carbons (Fsp3) is 0.0435. The molecule has 0 saturated heterocycles. The van der Waals surface area contributed by atoms with Crippen LogP contribution in [0.15, 0.2) is 83.5 Å². The Morgan fingerprint density at radius 1 is 1.06 bits per heavy atom. The van der Waals surface area contributed by atoms with Crippen molar-refractivity contribution in [2.45, 2.75) is 6.61 Å². The van der Waals surface area contributed by atoms with E-state index in [-0.39, 0.29) is 29.5 Å². The Balaban J connectivity index is 1.51. The van der Waals surface area contributed by atoms with Crippen molar-refractivity contribution in [3.63, 3.8) is 0 Å². The Labute approximate surface area is 176 Å². The molecule has 0 unspecified atom stereocenters. The molecule has 0 spiro atoms. The smallest absolute Gasteiger partial charge is 0.363 e. The molecule has 0 fully saturated rings. The molecular weight excluding hydrogens is 403 g/mol. The summed E-state index contributed by atoms with van der Waals surface area (Å²) in [4.78, 5) is 26.7. The van der Waals surface area contributed by atoms with E-state index in [2.05, 4.69) is 4.99 Å². The third-order valence-electron chi connectivity index (χ3n) is 4.41. The molecule has 4 rings (SSSR count). The van der Waals surface area contributed by atoms with Crippen LogP contribution in [-0.2, 0) is 16.1 Å². The Morgan fingerprint density at radius 2 is 1.87 bits per heavy atom. The highest BCUT2D eigenvalue weighted by Crippen LogP contribution is 2.23. The summed E-state index contributed by atoms with van der Waals surface area (Å²) in [5, 5.41) is 10.9. The molecule has 0 saturated carbocycles. The normalized spacial score (nSPS) is 14.3. The number of non-ortho nitro benzene ring substituents is 1. The number of rotatable bonds is 6. The predicted molar refractivity (Wildman–Crippen MR) is 111 cm³/mol. The number of carbonyl (C=O) groups is 1. The monoisotopic (exact) mass is 418 g/mol. The second-order valence-corrected chi connectivity index (χ2v) is 6.60. The quantitative estimate of drug-likeness (QED) is 0.251. The van der Waals surface area contributed by atoms with Crippen molar-refractivity contribution >= 4 is 23.6 Å². The number of esters is 1. The Morgan fingerprint density at radius 3 is 2.68 bits per heavy atom. The maximum atomic E-state index is 13.9. The van der Waals surface area contributed by atoms with Crippen molar-refractivity contribution in [3.8, 4) is 5.75 Å². The Hall–Kier alpha value is -4.33. The minimum absolute atomic E-state index is 0.0113. The first-order valence-electron chi connectivity index (χ1n) is 9.23. The fourth-order valence-electron chi connectivity index (χ4n) is 2.94. The van der Waals surface area contributed by atoms with E-state index in [4.69, 9.17) is 9.47 Å². The maximum Gasteiger partial charge on any atom is 0.363 e. The molecule has 1 aliphatic heterocycles. The van der Waals surface area contributed by atoms with Crippen LogP contribution in [0.3, 0.4) is 0 Å². The molecule has 31 heavy (non-hydrogen) atoms. The number of nitrogens with zero attached hydrogens (tertiary/aromatic N) is 2. The molecule has 0 radical (unpaired) electrons. The van der Waals surface area contributed by atoms with Gasteiger partial charge >= 0.3 is 5.97 Å². The second-order valence-electron chi connectivity index (χ2n) is 6.60. The van der Waals surface area contributed by atoms with E-state index in [9.17, 15) is 19.3 Å². The van der Waals surface area contributed by atoms with Gasteiger partial charge in [0.05, 0.1) is 10.5 Å². The number of nitro groups is 1. The van der Waals surface area contributed by atoms with E-state index in [0.717, 1.165) is 0 Å². The van der Waals surface area contributed by atoms with Crippen LogP contribution < -0.4 is 4.74 Å². The number of aliphatic imine (C=N–C) groups is 1. The summed E-state index contributed by atoms with van der Waals surface area (Å²) in [5.41, 5.74) is 1.41. The lowest BCUT2D eigenvalue weighted by Crippen LogP contribution is -2.07. The van der Waals surface area contributed by atoms with E-state index >= 15 is 0 Å². The number of hydrogen-bond acceptors (Lipinski definition) is 6. The summed E-state index contributed by atoms with van der Waals surface area (Å²) in [7, 11) is 0. The average Bonchev–Trinajstić information content (AvgIpc) is 3.13. The van der Waals surface area contributed by atoms with E-state index in [1.807, 2.05) is 0 Å². The second kappa shape index (κ2) is 8.58. The SMILES string of the molecule is O=C1OC(c2ccccc2F)=N/C1=C\c1cccc(OCc2cccc([N+](=O)[O-])c2)c1. The average molecular weight is 418 g/mol. The van der Waals surface area contributed by atoms with Gasteiger partial charge in [0.2, 0.25) is 5.90 Å². The first-order chi connectivity index (χ1) is 15.0. The highest BCUT2D eigenvalue weighted by Gasteiger charge is 2.25. The standard InChI is InChI=1S/C23H15FN2O5/c24-20-10-2-1-9-19(20)22-25-21(23(27)31-22)13-15-5-4-8-18(12-15)30-14-16-6-3-7-17(11-16)26(28)29/h1-13H,14H2/b21-13-. The first-order valence-corrected chi connectivity index (χ1v) is 9.23. The Bertz CT molecular complexity index is 1240. The zero-order chi connectivity index (χ0) is 21.8. The van der Waals surface area contributed by atoms with E-state index < -0.39 is 16.7 Å². The van der Waals surface area contributed by atoms with Gasteiger partial charge in [0.1, 0.15) is 18.2 Å². The molecule has 0 N–H and O–H groups in total. The summed E-state index contributed by atoms with van der Waals surface area (Å²) < 4.78 is 24.7. The van der Waals surface area contributed by atoms with Gasteiger partial charge in [0.25, 0.3) is 5.69 Å². The number of cyclic esters (lactones) is 1. The first kappa shape index (κ1) is 20.0. The molecule has 3 aromatic carbocycles. The van der Waals surface area contributed by atoms with Crippen LogP contribution >= 0.6 is 0 Å². The fourth-order valence-corrected chi connectivity index (χ4v) is 2.94. The number of nitro benzene ring substituents is 1. The summed E-state index contributed by atoms with van der Waals surface area (Å²) in [6.45, 7) is 0.138. The van der Waals surface area contributed by atoms with E-state index in [1.54, 1.807) is 42.5 Å². The number of halogens is 1. The highest BCUT2D eigenvalue weighted by atomic mass is 19.1. The van der Waals surface area contributed by atoms with Gasteiger partial charge in [0, 0.05) is 12.1 Å². The molecule has 3 aromatic rings. The number of benzene rings is 3. The summed E-state index contributed by atoms with van der Waals surface area (Å²) in [6.07, 6.45) is 1.51. The molecule has 154 valence electrons. The van der Waals surface area contributed by atoms with Crippen LogP contribution in [0.4, 0.5) is 10.1 Å². The van der Waals surface area contributed by atoms with Crippen LogP contribution in [-0.4, -0.2) is 16.8 Å². The van der Waals surface area contributed by atoms with Crippen LogP contribution in [0.1, 0.15) is 16.7 Å². The summed E-state index contributed by atoms with van der Waals surface area (Å²) >= 11 is 0. The number of carbonyl (C=O) groups excluding carboxylic acids is 1.